The fourth-order valence-electron chi connectivity index (χ4n) is 14.7. The first-order chi connectivity index (χ1) is 32.0. The van der Waals surface area contributed by atoms with Crippen LogP contribution in [0.25, 0.3) is 38.1 Å². The van der Waals surface area contributed by atoms with Gasteiger partial charge >= 0.3 is 0 Å². The number of fused-ring (bicyclic) bond motifs is 14. The van der Waals surface area contributed by atoms with Gasteiger partial charge < -0.3 is 14.2 Å². The minimum Gasteiger partial charge on any atom is -0.311 e. The summed E-state index contributed by atoms with van der Waals surface area (Å²) in [6.45, 7) is 33.9. The summed E-state index contributed by atoms with van der Waals surface area (Å²) in [6, 6.07) is 48.5. The normalized spacial score (nSPS) is 18.4. The van der Waals surface area contributed by atoms with E-state index in [0.717, 1.165) is 12.8 Å². The summed E-state index contributed by atoms with van der Waals surface area (Å²) in [5.74, 6) is 0. The minimum atomic E-state index is -0.0415. The van der Waals surface area contributed by atoms with Gasteiger partial charge in [0.2, 0.25) is 0 Å². The molecule has 68 heavy (non-hydrogen) atoms. The van der Waals surface area contributed by atoms with Crippen LogP contribution in [0.3, 0.4) is 0 Å². The molecule has 9 aromatic rings. The standard InChI is InChI=1S/C64H66BN3/c1-59(2,3)37-23-26-39(27-24-37)66-51-30-25-38(60(4,5)6)31-47(51)65-48-33-45-46(64(13,14)36-63(45,11)12)34-52(48)67(40-28-29-43-44(32-40)62(9,10)35-61(43,7)8)58-54-42-20-16-18-22-50(42)68-49-21-17-15-19-41(49)53(56(54)68)57(66)55(58)65/h15-34H,35-36H2,1-14H3. The number of hydrogen-bond donors (Lipinski definition) is 0. The highest BCUT2D eigenvalue weighted by Crippen LogP contribution is 2.58. The average molecular weight is 888 g/mol. The number of rotatable bonds is 2. The van der Waals surface area contributed by atoms with Crippen LogP contribution in [0.1, 0.15) is 143 Å². The van der Waals surface area contributed by atoms with E-state index in [9.17, 15) is 0 Å². The molecule has 4 heteroatoms. The van der Waals surface area contributed by atoms with Crippen LogP contribution in [0.5, 0.6) is 0 Å². The highest BCUT2D eigenvalue weighted by molar-refractivity contribution is 7.01. The van der Waals surface area contributed by atoms with E-state index < -0.39 is 0 Å². The number of aromatic nitrogens is 1. The third-order valence-corrected chi connectivity index (χ3v) is 17.3. The van der Waals surface area contributed by atoms with Gasteiger partial charge in [0.15, 0.2) is 0 Å². The Morgan fingerprint density at radius 1 is 0.441 bits per heavy atom. The molecule has 0 amide bonds. The van der Waals surface area contributed by atoms with Crippen molar-refractivity contribution >= 4 is 95.3 Å². The Morgan fingerprint density at radius 2 is 0.912 bits per heavy atom. The molecular weight excluding hydrogens is 822 g/mol. The van der Waals surface area contributed by atoms with Crippen molar-refractivity contribution in [2.75, 3.05) is 9.80 Å². The smallest absolute Gasteiger partial charge is 0.252 e. The molecule has 0 radical (unpaired) electrons. The van der Waals surface area contributed by atoms with Gasteiger partial charge in [-0.25, -0.2) is 0 Å². The molecule has 0 saturated heterocycles. The predicted molar refractivity (Wildman–Crippen MR) is 294 cm³/mol. The van der Waals surface area contributed by atoms with Crippen LogP contribution in [-0.2, 0) is 32.5 Å². The van der Waals surface area contributed by atoms with Gasteiger partial charge in [0.05, 0.1) is 27.9 Å². The number of hydrogen-bond acceptors (Lipinski definition) is 2. The van der Waals surface area contributed by atoms with Gasteiger partial charge in [0.1, 0.15) is 0 Å². The molecule has 2 aliphatic heterocycles. The van der Waals surface area contributed by atoms with Crippen molar-refractivity contribution in [3.8, 4) is 0 Å². The molecule has 0 unspecified atom stereocenters. The Morgan fingerprint density at radius 3 is 1.49 bits per heavy atom. The highest BCUT2D eigenvalue weighted by atomic mass is 15.2. The molecule has 0 spiro atoms. The van der Waals surface area contributed by atoms with E-state index in [1.165, 1.54) is 122 Å². The lowest BCUT2D eigenvalue weighted by Crippen LogP contribution is -2.62. The Hall–Kier alpha value is -6.00. The molecule has 340 valence electrons. The lowest BCUT2D eigenvalue weighted by atomic mass is 9.33. The molecule has 13 rings (SSSR count). The molecule has 0 saturated carbocycles. The molecule has 0 fully saturated rings. The summed E-state index contributed by atoms with van der Waals surface area (Å²) in [6.07, 6.45) is 2.25. The van der Waals surface area contributed by atoms with Crippen LogP contribution in [0, 0.1) is 0 Å². The van der Waals surface area contributed by atoms with E-state index in [1.807, 2.05) is 0 Å². The van der Waals surface area contributed by atoms with Gasteiger partial charge in [0.25, 0.3) is 6.71 Å². The third kappa shape index (κ3) is 5.44. The molecule has 2 aromatic heterocycles. The van der Waals surface area contributed by atoms with E-state index in [-0.39, 0.29) is 39.2 Å². The van der Waals surface area contributed by atoms with Gasteiger partial charge in [-0.15, -0.1) is 0 Å². The molecule has 4 heterocycles. The molecule has 3 nitrogen and oxygen atoms in total. The number of para-hydroxylation sites is 2. The van der Waals surface area contributed by atoms with Crippen molar-refractivity contribution in [1.82, 2.24) is 4.40 Å². The van der Waals surface area contributed by atoms with Gasteiger partial charge in [-0.2, -0.15) is 0 Å². The van der Waals surface area contributed by atoms with Crippen LogP contribution in [0.2, 0.25) is 0 Å². The van der Waals surface area contributed by atoms with E-state index in [4.69, 9.17) is 0 Å². The predicted octanol–water partition coefficient (Wildman–Crippen LogP) is 15.4. The van der Waals surface area contributed by atoms with Crippen molar-refractivity contribution in [3.63, 3.8) is 0 Å². The fourth-order valence-corrected chi connectivity index (χ4v) is 14.7. The second kappa shape index (κ2) is 13.0. The van der Waals surface area contributed by atoms with Crippen LogP contribution >= 0.6 is 0 Å². The minimum absolute atomic E-state index is 0.0150. The Bertz CT molecular complexity index is 3660. The van der Waals surface area contributed by atoms with Gasteiger partial charge in [0, 0.05) is 44.3 Å². The first-order valence-electron chi connectivity index (χ1n) is 25.4. The highest BCUT2D eigenvalue weighted by Gasteiger charge is 2.51. The Kier molecular flexibility index (Phi) is 8.05. The first-order valence-corrected chi connectivity index (χ1v) is 25.4. The van der Waals surface area contributed by atoms with Crippen molar-refractivity contribution in [1.29, 1.82) is 0 Å². The first kappa shape index (κ1) is 42.1. The topological polar surface area (TPSA) is 10.9 Å². The maximum atomic E-state index is 2.77. The summed E-state index contributed by atoms with van der Waals surface area (Å²) >= 11 is 0. The largest absolute Gasteiger partial charge is 0.311 e. The quantitative estimate of drug-likeness (QED) is 0.160. The molecular formula is C64H66BN3. The SMILES string of the molecule is CC(C)(C)c1ccc(N2c3ccc(C(C)(C)C)cc3B3c4cc5c(cc4N(c4ccc6c(c4)C(C)(C)CC6(C)C)c4c3c2c2c3ccccc3n3c6ccccc6c4c23)C(C)(C)CC5(C)C)cc1. The van der Waals surface area contributed by atoms with E-state index in [0.29, 0.717) is 0 Å². The molecule has 0 N–H and O–H groups in total. The van der Waals surface area contributed by atoms with Crippen molar-refractivity contribution in [2.24, 2.45) is 0 Å². The Balaban J connectivity index is 1.28. The molecule has 7 aromatic carbocycles. The fraction of sp³-hybridized carbons (Fsp3) is 0.344. The van der Waals surface area contributed by atoms with Crippen LogP contribution in [-0.4, -0.2) is 11.1 Å². The van der Waals surface area contributed by atoms with Gasteiger partial charge in [-0.1, -0.05) is 170 Å². The second-order valence-electron chi connectivity index (χ2n) is 26.1. The summed E-state index contributed by atoms with van der Waals surface area (Å²) < 4.78 is 2.61. The zero-order valence-corrected chi connectivity index (χ0v) is 42.9. The van der Waals surface area contributed by atoms with E-state index in [2.05, 4.69) is 232 Å². The maximum Gasteiger partial charge on any atom is 0.252 e. The lowest BCUT2D eigenvalue weighted by molar-refractivity contribution is 0.403. The number of nitrogens with zero attached hydrogens (tertiary/aromatic N) is 3. The van der Waals surface area contributed by atoms with E-state index >= 15 is 0 Å². The summed E-state index contributed by atoms with van der Waals surface area (Å²) in [7, 11) is 0. The lowest BCUT2D eigenvalue weighted by Gasteiger charge is -2.46. The zero-order chi connectivity index (χ0) is 47.6. The number of benzene rings is 7. The van der Waals surface area contributed by atoms with Gasteiger partial charge in [-0.05, 0) is 144 Å². The molecule has 2 aliphatic carbocycles. The Labute approximate surface area is 404 Å². The van der Waals surface area contributed by atoms with Crippen molar-refractivity contribution in [2.45, 2.75) is 142 Å². The van der Waals surface area contributed by atoms with E-state index in [1.54, 1.807) is 0 Å². The zero-order valence-electron chi connectivity index (χ0n) is 42.9. The van der Waals surface area contributed by atoms with Crippen molar-refractivity contribution in [3.05, 3.63) is 155 Å². The second-order valence-corrected chi connectivity index (χ2v) is 26.1. The molecule has 0 bridgehead atoms. The third-order valence-electron chi connectivity index (χ3n) is 17.3. The summed E-state index contributed by atoms with van der Waals surface area (Å²) in [4.78, 5) is 5.45. The monoisotopic (exact) mass is 888 g/mol. The van der Waals surface area contributed by atoms with Crippen LogP contribution < -0.4 is 26.2 Å². The number of anilines is 6. The maximum absolute atomic E-state index is 2.77. The van der Waals surface area contributed by atoms with Crippen LogP contribution in [0.4, 0.5) is 34.1 Å². The van der Waals surface area contributed by atoms with Crippen LogP contribution in [0.15, 0.2) is 121 Å². The average Bonchev–Trinajstić information content (AvgIpc) is 3.91. The summed E-state index contributed by atoms with van der Waals surface area (Å²) in [5.41, 5.74) is 24.6. The van der Waals surface area contributed by atoms with Gasteiger partial charge in [-0.3, -0.25) is 0 Å². The molecule has 0 atom stereocenters. The van der Waals surface area contributed by atoms with Crippen molar-refractivity contribution < 1.29 is 0 Å². The summed E-state index contributed by atoms with van der Waals surface area (Å²) in [5, 5.41) is 5.30. The molecule has 4 aliphatic rings.